The van der Waals surface area contributed by atoms with Gasteiger partial charge in [0, 0.05) is 11.4 Å². The number of methoxy groups -OCH3 is 1. The van der Waals surface area contributed by atoms with Crippen LogP contribution in [0.25, 0.3) is 0 Å². The molecule has 2 N–H and O–H groups in total. The van der Waals surface area contributed by atoms with E-state index in [9.17, 15) is 22.8 Å². The maximum Gasteiger partial charge on any atom is 0.427 e. The fourth-order valence-electron chi connectivity index (χ4n) is 3.61. The first-order chi connectivity index (χ1) is 17.1. The Balaban J connectivity index is 2.21. The van der Waals surface area contributed by atoms with E-state index in [0.29, 0.717) is 11.1 Å². The van der Waals surface area contributed by atoms with Crippen molar-refractivity contribution in [2.24, 2.45) is 5.10 Å². The van der Waals surface area contributed by atoms with Gasteiger partial charge in [-0.25, -0.2) is 15.0 Å². The third kappa shape index (κ3) is 5.57. The lowest BCUT2D eigenvalue weighted by molar-refractivity contribution is -0.138. The van der Waals surface area contributed by atoms with Crippen LogP contribution in [0.3, 0.4) is 0 Å². The van der Waals surface area contributed by atoms with Crippen molar-refractivity contribution >= 4 is 23.7 Å². The minimum absolute atomic E-state index is 0.0268. The van der Waals surface area contributed by atoms with Crippen LogP contribution < -0.4 is 15.6 Å². The summed E-state index contributed by atoms with van der Waals surface area (Å²) < 4.78 is 50.0. The van der Waals surface area contributed by atoms with Gasteiger partial charge in [0.15, 0.2) is 0 Å². The number of anilines is 1. The third-order valence-corrected chi connectivity index (χ3v) is 5.24. The average molecular weight is 501 g/mol. The lowest BCUT2D eigenvalue weighted by Crippen LogP contribution is -2.50. The van der Waals surface area contributed by atoms with E-state index in [-0.39, 0.29) is 29.5 Å². The number of nitrogens with zero attached hydrogens (tertiary/aromatic N) is 3. The number of alkyl halides is 3. The summed E-state index contributed by atoms with van der Waals surface area (Å²) in [4.78, 5) is 26.0. The van der Waals surface area contributed by atoms with E-state index in [1.54, 1.807) is 31.2 Å². The van der Waals surface area contributed by atoms with Crippen molar-refractivity contribution < 1.29 is 32.2 Å². The molecular weight excluding hydrogens is 479 g/mol. The number of allylic oxidation sites excluding steroid dienone is 1. The first-order valence-electron chi connectivity index (χ1n) is 10.6. The SMILES string of the molecule is CCOC(=O)N/N=C1\N[C@H](c2ccc(C#N)cc2)C(C(=O)OC)=C(C)N1c1cccc(C(F)(F)F)c1. The molecule has 0 aliphatic carbocycles. The van der Waals surface area contributed by atoms with Crippen LogP contribution in [-0.2, 0) is 20.4 Å². The second kappa shape index (κ2) is 10.8. The summed E-state index contributed by atoms with van der Waals surface area (Å²) in [5, 5.41) is 16.1. The van der Waals surface area contributed by atoms with E-state index in [2.05, 4.69) is 15.8 Å². The van der Waals surface area contributed by atoms with Gasteiger partial charge >= 0.3 is 18.2 Å². The summed E-state index contributed by atoms with van der Waals surface area (Å²) in [6, 6.07) is 11.9. The first kappa shape index (κ1) is 26.1. The zero-order chi connectivity index (χ0) is 26.5. The molecule has 1 aliphatic heterocycles. The highest BCUT2D eigenvalue weighted by molar-refractivity contribution is 6.05. The van der Waals surface area contributed by atoms with Crippen molar-refractivity contribution in [1.82, 2.24) is 10.7 Å². The second-order valence-electron chi connectivity index (χ2n) is 7.45. The van der Waals surface area contributed by atoms with E-state index in [1.807, 2.05) is 6.07 Å². The molecule has 0 unspecified atom stereocenters. The molecule has 0 fully saturated rings. The van der Waals surface area contributed by atoms with Crippen LogP contribution in [0.5, 0.6) is 0 Å². The van der Waals surface area contributed by atoms with E-state index < -0.39 is 29.8 Å². The number of guanidine groups is 1. The first-order valence-corrected chi connectivity index (χ1v) is 10.6. The molecule has 1 heterocycles. The van der Waals surface area contributed by atoms with Crippen molar-refractivity contribution in [2.45, 2.75) is 26.1 Å². The molecule has 0 aromatic heterocycles. The molecule has 0 bridgehead atoms. The molecule has 12 heteroatoms. The molecule has 0 spiro atoms. The van der Waals surface area contributed by atoms with Gasteiger partial charge in [0.05, 0.1) is 42.5 Å². The molecule has 1 atom stereocenters. The quantitative estimate of drug-likeness (QED) is 0.466. The molecule has 1 amide bonds. The Morgan fingerprint density at radius 1 is 1.22 bits per heavy atom. The van der Waals surface area contributed by atoms with Crippen molar-refractivity contribution in [2.75, 3.05) is 18.6 Å². The Morgan fingerprint density at radius 2 is 1.92 bits per heavy atom. The number of esters is 1. The van der Waals surface area contributed by atoms with Crippen LogP contribution in [-0.4, -0.2) is 31.7 Å². The number of carbonyl (C=O) groups excluding carboxylic acids is 2. The standard InChI is InChI=1S/C24H22F3N5O4/c1-4-36-23(34)31-30-22-29-20(16-10-8-15(13-28)9-11-16)19(21(33)35-3)14(2)32(22)18-7-5-6-17(12-18)24(25,26)27/h5-12,20H,4H2,1-3H3,(H,29,30)(H,31,34)/t20-/m1/s1. The predicted molar refractivity (Wildman–Crippen MR) is 123 cm³/mol. The number of nitriles is 1. The fourth-order valence-corrected chi connectivity index (χ4v) is 3.61. The number of ether oxygens (including phenoxy) is 2. The normalized spacial score (nSPS) is 16.8. The van der Waals surface area contributed by atoms with E-state index >= 15 is 0 Å². The van der Waals surface area contributed by atoms with Crippen LogP contribution in [0.2, 0.25) is 0 Å². The van der Waals surface area contributed by atoms with Crippen molar-refractivity contribution in [1.29, 1.82) is 5.26 Å². The lowest BCUT2D eigenvalue weighted by atomic mass is 9.94. The fraction of sp³-hybridized carbons (Fsp3) is 0.250. The van der Waals surface area contributed by atoms with Gasteiger partial charge in [-0.05, 0) is 49.7 Å². The van der Waals surface area contributed by atoms with Gasteiger partial charge < -0.3 is 14.8 Å². The Bertz CT molecular complexity index is 1250. The van der Waals surface area contributed by atoms with Gasteiger partial charge in [-0.15, -0.1) is 5.10 Å². The zero-order valence-corrected chi connectivity index (χ0v) is 19.5. The second-order valence-corrected chi connectivity index (χ2v) is 7.45. The number of amides is 1. The van der Waals surface area contributed by atoms with Gasteiger partial charge in [0.1, 0.15) is 0 Å². The molecule has 0 radical (unpaired) electrons. The molecule has 36 heavy (non-hydrogen) atoms. The number of nitrogens with one attached hydrogen (secondary N) is 2. The van der Waals surface area contributed by atoms with Crippen LogP contribution in [0, 0.1) is 11.3 Å². The minimum atomic E-state index is -4.62. The van der Waals surface area contributed by atoms with Crippen LogP contribution in [0.1, 0.15) is 36.6 Å². The molecule has 9 nitrogen and oxygen atoms in total. The number of hydrogen-bond acceptors (Lipinski definition) is 6. The highest BCUT2D eigenvalue weighted by Crippen LogP contribution is 2.37. The number of hydrogen-bond donors (Lipinski definition) is 2. The minimum Gasteiger partial charge on any atom is -0.466 e. The van der Waals surface area contributed by atoms with E-state index in [0.717, 1.165) is 12.1 Å². The van der Waals surface area contributed by atoms with E-state index in [4.69, 9.17) is 14.7 Å². The maximum atomic E-state index is 13.4. The number of benzene rings is 2. The topological polar surface area (TPSA) is 116 Å². The number of halogens is 3. The smallest absolute Gasteiger partial charge is 0.427 e. The Hall–Kier alpha value is -4.53. The monoisotopic (exact) mass is 501 g/mol. The molecule has 0 saturated carbocycles. The van der Waals surface area contributed by atoms with Gasteiger partial charge in [-0.1, -0.05) is 18.2 Å². The summed E-state index contributed by atoms with van der Waals surface area (Å²) in [6.07, 6.45) is -5.50. The molecule has 2 aromatic carbocycles. The highest BCUT2D eigenvalue weighted by Gasteiger charge is 2.37. The van der Waals surface area contributed by atoms with Gasteiger partial charge in [-0.3, -0.25) is 4.90 Å². The average Bonchev–Trinajstić information content (AvgIpc) is 2.86. The Labute approximate surface area is 204 Å². The zero-order valence-electron chi connectivity index (χ0n) is 19.5. The van der Waals surface area contributed by atoms with Crippen LogP contribution >= 0.6 is 0 Å². The highest BCUT2D eigenvalue weighted by atomic mass is 19.4. The molecule has 1 aliphatic rings. The predicted octanol–water partition coefficient (Wildman–Crippen LogP) is 4.19. The summed E-state index contributed by atoms with van der Waals surface area (Å²) in [5.74, 6) is -0.814. The molecule has 3 rings (SSSR count). The lowest BCUT2D eigenvalue weighted by Gasteiger charge is -2.37. The molecule has 188 valence electrons. The number of hydrazone groups is 1. The molecule has 2 aromatic rings. The Morgan fingerprint density at radius 3 is 2.50 bits per heavy atom. The summed E-state index contributed by atoms with van der Waals surface area (Å²) in [6.45, 7) is 3.18. The summed E-state index contributed by atoms with van der Waals surface area (Å²) in [5.41, 5.74) is 2.52. The molecular formula is C24H22F3N5O4. The summed E-state index contributed by atoms with van der Waals surface area (Å²) in [7, 11) is 1.18. The largest absolute Gasteiger partial charge is 0.466 e. The summed E-state index contributed by atoms with van der Waals surface area (Å²) >= 11 is 0. The van der Waals surface area contributed by atoms with Crippen LogP contribution in [0.4, 0.5) is 23.7 Å². The van der Waals surface area contributed by atoms with Gasteiger partial charge in [-0.2, -0.15) is 18.4 Å². The Kier molecular flexibility index (Phi) is 7.83. The van der Waals surface area contributed by atoms with Crippen molar-refractivity contribution in [3.8, 4) is 6.07 Å². The van der Waals surface area contributed by atoms with Crippen molar-refractivity contribution in [3.05, 3.63) is 76.5 Å². The van der Waals surface area contributed by atoms with E-state index in [1.165, 1.54) is 31.1 Å². The number of rotatable bonds is 5. The van der Waals surface area contributed by atoms with Crippen LogP contribution in [0.15, 0.2) is 64.9 Å². The molecule has 0 saturated heterocycles. The maximum absolute atomic E-state index is 13.4. The van der Waals surface area contributed by atoms with Gasteiger partial charge in [0.25, 0.3) is 0 Å². The van der Waals surface area contributed by atoms with Gasteiger partial charge in [0.2, 0.25) is 5.96 Å². The number of carbonyl (C=O) groups is 2. The third-order valence-electron chi connectivity index (χ3n) is 5.24. The van der Waals surface area contributed by atoms with Crippen molar-refractivity contribution in [3.63, 3.8) is 0 Å².